The van der Waals surface area contributed by atoms with Crippen molar-refractivity contribution in [1.29, 1.82) is 0 Å². The zero-order valence-corrected chi connectivity index (χ0v) is 19.8. The number of guanidine groups is 1. The Balaban J connectivity index is 0.00000256. The molecule has 30 heavy (non-hydrogen) atoms. The summed E-state index contributed by atoms with van der Waals surface area (Å²) < 4.78 is 12.9. The second-order valence-electron chi connectivity index (χ2n) is 6.92. The van der Waals surface area contributed by atoms with Gasteiger partial charge in [-0.2, -0.15) is 0 Å². The van der Waals surface area contributed by atoms with E-state index in [0.717, 1.165) is 61.4 Å². The average molecular weight is 522 g/mol. The molecule has 1 aromatic carbocycles. The highest BCUT2D eigenvalue weighted by Crippen LogP contribution is 2.33. The first kappa shape index (κ1) is 22.1. The summed E-state index contributed by atoms with van der Waals surface area (Å²) in [5.41, 5.74) is 3.40. The molecule has 0 amide bonds. The van der Waals surface area contributed by atoms with Gasteiger partial charge < -0.3 is 19.7 Å². The van der Waals surface area contributed by atoms with E-state index in [4.69, 9.17) is 9.47 Å². The summed E-state index contributed by atoms with van der Waals surface area (Å²) in [5.74, 6) is 3.36. The molecule has 0 fully saturated rings. The van der Waals surface area contributed by atoms with E-state index in [9.17, 15) is 0 Å². The molecule has 4 rings (SSSR count). The first-order valence-electron chi connectivity index (χ1n) is 9.71. The minimum absolute atomic E-state index is 0. The third kappa shape index (κ3) is 4.45. The number of fused-ring (bicyclic) bond motifs is 2. The van der Waals surface area contributed by atoms with Gasteiger partial charge in [0.2, 0.25) is 0 Å². The number of aromatic nitrogens is 3. The minimum Gasteiger partial charge on any atom is -0.493 e. The molecule has 2 aromatic heterocycles. The highest BCUT2D eigenvalue weighted by molar-refractivity contribution is 14.0. The van der Waals surface area contributed by atoms with Crippen LogP contribution in [0.4, 0.5) is 0 Å². The molecule has 160 valence electrons. The SMILES string of the molecule is CN=C(NCCc1nnc2ccccn12)N1CCc2cc(OC)c(OC)cc2C1.I. The van der Waals surface area contributed by atoms with Crippen LogP contribution in [0.1, 0.15) is 17.0 Å². The molecule has 9 heteroatoms. The van der Waals surface area contributed by atoms with Crippen LogP contribution in [0.25, 0.3) is 5.65 Å². The Morgan fingerprint density at radius 2 is 1.90 bits per heavy atom. The summed E-state index contributed by atoms with van der Waals surface area (Å²) in [4.78, 5) is 6.73. The van der Waals surface area contributed by atoms with Crippen LogP contribution in [0.5, 0.6) is 11.5 Å². The smallest absolute Gasteiger partial charge is 0.193 e. The minimum atomic E-state index is 0. The molecule has 0 spiro atoms. The third-order valence-electron chi connectivity index (χ3n) is 5.25. The van der Waals surface area contributed by atoms with Crippen molar-refractivity contribution in [2.45, 2.75) is 19.4 Å². The van der Waals surface area contributed by atoms with E-state index in [1.54, 1.807) is 14.2 Å². The first-order valence-corrected chi connectivity index (χ1v) is 9.71. The van der Waals surface area contributed by atoms with Crippen molar-refractivity contribution in [1.82, 2.24) is 24.8 Å². The van der Waals surface area contributed by atoms with Gasteiger partial charge >= 0.3 is 0 Å². The van der Waals surface area contributed by atoms with Crippen molar-refractivity contribution >= 4 is 35.6 Å². The van der Waals surface area contributed by atoms with Crippen molar-refractivity contribution in [3.63, 3.8) is 0 Å². The van der Waals surface area contributed by atoms with E-state index in [1.165, 1.54) is 11.1 Å². The van der Waals surface area contributed by atoms with Gasteiger partial charge in [-0.15, -0.1) is 34.2 Å². The van der Waals surface area contributed by atoms with Crippen molar-refractivity contribution in [2.75, 3.05) is 34.4 Å². The molecule has 0 aliphatic carbocycles. The van der Waals surface area contributed by atoms with Gasteiger partial charge in [-0.25, -0.2) is 0 Å². The van der Waals surface area contributed by atoms with Crippen LogP contribution in [0.15, 0.2) is 41.5 Å². The number of methoxy groups -OCH3 is 2. The molecule has 1 aliphatic rings. The van der Waals surface area contributed by atoms with Crippen molar-refractivity contribution in [2.24, 2.45) is 4.99 Å². The van der Waals surface area contributed by atoms with Gasteiger partial charge in [0.05, 0.1) is 14.2 Å². The number of benzene rings is 1. The summed E-state index contributed by atoms with van der Waals surface area (Å²) in [7, 11) is 5.15. The number of ether oxygens (including phenoxy) is 2. The summed E-state index contributed by atoms with van der Waals surface area (Å²) in [6.45, 7) is 2.41. The van der Waals surface area contributed by atoms with E-state index >= 15 is 0 Å². The number of nitrogens with one attached hydrogen (secondary N) is 1. The van der Waals surface area contributed by atoms with E-state index < -0.39 is 0 Å². The van der Waals surface area contributed by atoms with E-state index in [2.05, 4.69) is 37.5 Å². The van der Waals surface area contributed by atoms with Crippen LogP contribution in [0, 0.1) is 0 Å². The maximum Gasteiger partial charge on any atom is 0.193 e. The molecule has 0 unspecified atom stereocenters. The maximum absolute atomic E-state index is 5.46. The first-order chi connectivity index (χ1) is 14.2. The number of aliphatic imine (C=N–C) groups is 1. The van der Waals surface area contributed by atoms with Crippen LogP contribution >= 0.6 is 24.0 Å². The van der Waals surface area contributed by atoms with Gasteiger partial charge in [-0.3, -0.25) is 9.39 Å². The monoisotopic (exact) mass is 522 g/mol. The van der Waals surface area contributed by atoms with Crippen molar-refractivity contribution < 1.29 is 9.47 Å². The number of hydrogen-bond acceptors (Lipinski definition) is 5. The molecule has 0 radical (unpaired) electrons. The lowest BCUT2D eigenvalue weighted by Gasteiger charge is -2.32. The fraction of sp³-hybridized carbons (Fsp3) is 0.381. The molecule has 1 aliphatic heterocycles. The summed E-state index contributed by atoms with van der Waals surface area (Å²) in [5, 5.41) is 12.0. The zero-order chi connectivity index (χ0) is 20.2. The Kier molecular flexibility index (Phi) is 7.35. The highest BCUT2D eigenvalue weighted by Gasteiger charge is 2.21. The van der Waals surface area contributed by atoms with Gasteiger partial charge in [-0.05, 0) is 41.8 Å². The lowest BCUT2D eigenvalue weighted by Crippen LogP contribution is -2.44. The molecule has 8 nitrogen and oxygen atoms in total. The second-order valence-corrected chi connectivity index (χ2v) is 6.92. The molecule has 3 heterocycles. The van der Waals surface area contributed by atoms with E-state index in [1.807, 2.05) is 35.8 Å². The Hall–Kier alpha value is -2.56. The summed E-state index contributed by atoms with van der Waals surface area (Å²) >= 11 is 0. The van der Waals surface area contributed by atoms with Gasteiger partial charge in [0.1, 0.15) is 5.82 Å². The fourth-order valence-electron chi connectivity index (χ4n) is 3.74. The maximum atomic E-state index is 5.46. The van der Waals surface area contributed by atoms with Crippen LogP contribution < -0.4 is 14.8 Å². The van der Waals surface area contributed by atoms with E-state index in [-0.39, 0.29) is 24.0 Å². The van der Waals surface area contributed by atoms with E-state index in [0.29, 0.717) is 0 Å². The molecule has 3 aromatic rings. The van der Waals surface area contributed by atoms with Crippen molar-refractivity contribution in [3.8, 4) is 11.5 Å². The molecule has 0 saturated heterocycles. The van der Waals surface area contributed by atoms with Crippen LogP contribution in [-0.4, -0.2) is 59.8 Å². The van der Waals surface area contributed by atoms with Gasteiger partial charge in [-0.1, -0.05) is 6.07 Å². The predicted octanol–water partition coefficient (Wildman–Crippen LogP) is 2.54. The number of hydrogen-bond donors (Lipinski definition) is 1. The normalized spacial score (nSPS) is 13.6. The molecule has 1 N–H and O–H groups in total. The predicted molar refractivity (Wildman–Crippen MR) is 127 cm³/mol. The number of halogens is 1. The van der Waals surface area contributed by atoms with Gasteiger partial charge in [0.25, 0.3) is 0 Å². The van der Waals surface area contributed by atoms with Gasteiger partial charge in [0.15, 0.2) is 23.1 Å². The molecule has 0 saturated carbocycles. The zero-order valence-electron chi connectivity index (χ0n) is 17.5. The lowest BCUT2D eigenvalue weighted by atomic mass is 9.99. The Morgan fingerprint density at radius 3 is 2.63 bits per heavy atom. The van der Waals surface area contributed by atoms with Crippen LogP contribution in [0.3, 0.4) is 0 Å². The molecular weight excluding hydrogens is 495 g/mol. The van der Waals surface area contributed by atoms with Crippen LogP contribution in [0.2, 0.25) is 0 Å². The standard InChI is InChI=1S/C21H26N6O2.HI/c1-22-21(23-9-7-20-25-24-19-6-4-5-10-27(19)20)26-11-8-15-12-17(28-2)18(29-3)13-16(15)14-26;/h4-6,10,12-13H,7-9,11,14H2,1-3H3,(H,22,23);1H. The van der Waals surface area contributed by atoms with Crippen molar-refractivity contribution in [3.05, 3.63) is 53.5 Å². The quantitative estimate of drug-likeness (QED) is 0.316. The highest BCUT2D eigenvalue weighted by atomic mass is 127. The third-order valence-corrected chi connectivity index (χ3v) is 5.25. The number of nitrogens with zero attached hydrogens (tertiary/aromatic N) is 5. The number of pyridine rings is 1. The summed E-state index contributed by atoms with van der Waals surface area (Å²) in [6.07, 6.45) is 3.69. The largest absolute Gasteiger partial charge is 0.493 e. The average Bonchev–Trinajstić information content (AvgIpc) is 3.18. The fourth-order valence-corrected chi connectivity index (χ4v) is 3.74. The Morgan fingerprint density at radius 1 is 1.13 bits per heavy atom. The second kappa shape index (κ2) is 9.96. The molecule has 0 atom stereocenters. The topological polar surface area (TPSA) is 76.3 Å². The molecular formula is C21H27IN6O2. The Bertz CT molecular complexity index is 1040. The van der Waals surface area contributed by atoms with Crippen LogP contribution in [-0.2, 0) is 19.4 Å². The lowest BCUT2D eigenvalue weighted by molar-refractivity contribution is 0.346. The van der Waals surface area contributed by atoms with Gasteiger partial charge in [0, 0.05) is 39.3 Å². The number of rotatable bonds is 5. The summed E-state index contributed by atoms with van der Waals surface area (Å²) in [6, 6.07) is 10.1. The molecule has 0 bridgehead atoms. The Labute approximate surface area is 193 Å².